The standard InChI is InChI=1S/C14H20N2O/c1-2-12-9-6-10-16(12)14(17)13(15)11-7-4-3-5-8-11/h3-5,7-8,12-13H,2,6,9-10,15H2,1H3. The molecular formula is C14H20N2O. The van der Waals surface area contributed by atoms with Gasteiger partial charge in [-0.1, -0.05) is 37.3 Å². The molecule has 3 heteroatoms. The van der Waals surface area contributed by atoms with Gasteiger partial charge in [0.05, 0.1) is 0 Å². The first-order valence-corrected chi connectivity index (χ1v) is 6.35. The van der Waals surface area contributed by atoms with Crippen LogP contribution >= 0.6 is 0 Å². The quantitative estimate of drug-likeness (QED) is 0.867. The van der Waals surface area contributed by atoms with Gasteiger partial charge in [0.15, 0.2) is 0 Å². The van der Waals surface area contributed by atoms with Crippen molar-refractivity contribution < 1.29 is 4.79 Å². The van der Waals surface area contributed by atoms with Crippen molar-refractivity contribution in [2.45, 2.75) is 38.3 Å². The second-order valence-corrected chi connectivity index (χ2v) is 4.62. The van der Waals surface area contributed by atoms with Crippen LogP contribution in [0, 0.1) is 0 Å². The molecule has 1 aromatic carbocycles. The molecule has 1 saturated heterocycles. The monoisotopic (exact) mass is 232 g/mol. The van der Waals surface area contributed by atoms with E-state index in [-0.39, 0.29) is 5.91 Å². The Morgan fingerprint density at radius 1 is 1.47 bits per heavy atom. The van der Waals surface area contributed by atoms with E-state index in [4.69, 9.17) is 5.73 Å². The maximum atomic E-state index is 12.3. The van der Waals surface area contributed by atoms with Gasteiger partial charge in [-0.3, -0.25) is 4.79 Å². The Morgan fingerprint density at radius 2 is 2.18 bits per heavy atom. The molecule has 1 aliphatic rings. The second-order valence-electron chi connectivity index (χ2n) is 4.62. The number of amides is 1. The average Bonchev–Trinajstić information content (AvgIpc) is 2.86. The lowest BCUT2D eigenvalue weighted by molar-refractivity contribution is -0.133. The first kappa shape index (κ1) is 12.1. The molecule has 0 aliphatic carbocycles. The molecule has 1 heterocycles. The molecule has 1 aliphatic heterocycles. The minimum absolute atomic E-state index is 0.0700. The van der Waals surface area contributed by atoms with Crippen LogP contribution in [-0.2, 0) is 4.79 Å². The Hall–Kier alpha value is -1.35. The number of nitrogens with two attached hydrogens (primary N) is 1. The van der Waals surface area contributed by atoms with Gasteiger partial charge in [-0.25, -0.2) is 0 Å². The van der Waals surface area contributed by atoms with Crippen LogP contribution in [0.15, 0.2) is 30.3 Å². The summed E-state index contributed by atoms with van der Waals surface area (Å²) in [5.41, 5.74) is 6.95. The fraction of sp³-hybridized carbons (Fsp3) is 0.500. The van der Waals surface area contributed by atoms with E-state index in [0.29, 0.717) is 6.04 Å². The van der Waals surface area contributed by atoms with Crippen molar-refractivity contribution in [3.8, 4) is 0 Å². The van der Waals surface area contributed by atoms with Gasteiger partial charge in [-0.15, -0.1) is 0 Å². The lowest BCUT2D eigenvalue weighted by Gasteiger charge is -2.26. The van der Waals surface area contributed by atoms with Crippen molar-refractivity contribution in [1.29, 1.82) is 0 Å². The second kappa shape index (κ2) is 5.32. The Balaban J connectivity index is 2.10. The van der Waals surface area contributed by atoms with Gasteiger partial charge in [0.2, 0.25) is 5.91 Å². The van der Waals surface area contributed by atoms with Crippen LogP contribution in [0.25, 0.3) is 0 Å². The Kier molecular flexibility index (Phi) is 3.79. The van der Waals surface area contributed by atoms with Crippen LogP contribution in [0.3, 0.4) is 0 Å². The first-order valence-electron chi connectivity index (χ1n) is 6.35. The third-order valence-corrected chi connectivity index (χ3v) is 3.56. The normalized spacial score (nSPS) is 21.5. The van der Waals surface area contributed by atoms with Gasteiger partial charge in [0.1, 0.15) is 6.04 Å². The number of carbonyl (C=O) groups is 1. The van der Waals surface area contributed by atoms with Crippen molar-refractivity contribution in [2.75, 3.05) is 6.54 Å². The summed E-state index contributed by atoms with van der Waals surface area (Å²) in [7, 11) is 0. The highest BCUT2D eigenvalue weighted by Gasteiger charge is 2.30. The molecule has 3 nitrogen and oxygen atoms in total. The predicted molar refractivity (Wildman–Crippen MR) is 68.4 cm³/mol. The van der Waals surface area contributed by atoms with Gasteiger partial charge in [-0.05, 0) is 24.8 Å². The zero-order valence-electron chi connectivity index (χ0n) is 10.3. The maximum Gasteiger partial charge on any atom is 0.244 e. The number of nitrogens with zero attached hydrogens (tertiary/aromatic N) is 1. The summed E-state index contributed by atoms with van der Waals surface area (Å²) in [6, 6.07) is 9.48. The summed E-state index contributed by atoms with van der Waals surface area (Å²) in [5.74, 6) is 0.0700. The summed E-state index contributed by atoms with van der Waals surface area (Å²) in [4.78, 5) is 14.3. The van der Waals surface area contributed by atoms with E-state index in [1.54, 1.807) is 0 Å². The summed E-state index contributed by atoms with van der Waals surface area (Å²) >= 11 is 0. The highest BCUT2D eigenvalue weighted by Crippen LogP contribution is 2.23. The van der Waals surface area contributed by atoms with Crippen LogP contribution in [-0.4, -0.2) is 23.4 Å². The summed E-state index contributed by atoms with van der Waals surface area (Å²) in [6.45, 7) is 2.99. The smallest absolute Gasteiger partial charge is 0.244 e. The number of hydrogen-bond donors (Lipinski definition) is 1. The van der Waals surface area contributed by atoms with E-state index in [0.717, 1.165) is 31.4 Å². The van der Waals surface area contributed by atoms with E-state index in [1.807, 2.05) is 35.2 Å². The van der Waals surface area contributed by atoms with Crippen molar-refractivity contribution in [3.05, 3.63) is 35.9 Å². The van der Waals surface area contributed by atoms with E-state index in [1.165, 1.54) is 0 Å². The lowest BCUT2D eigenvalue weighted by atomic mass is 10.1. The van der Waals surface area contributed by atoms with Gasteiger partial charge < -0.3 is 10.6 Å². The third kappa shape index (κ3) is 2.50. The molecule has 2 N–H and O–H groups in total. The Morgan fingerprint density at radius 3 is 2.82 bits per heavy atom. The molecule has 0 saturated carbocycles. The van der Waals surface area contributed by atoms with Gasteiger partial charge in [-0.2, -0.15) is 0 Å². The van der Waals surface area contributed by atoms with E-state index >= 15 is 0 Å². The number of carbonyl (C=O) groups excluding carboxylic acids is 1. The highest BCUT2D eigenvalue weighted by atomic mass is 16.2. The van der Waals surface area contributed by atoms with Crippen LogP contribution in [0.2, 0.25) is 0 Å². The Bertz CT molecular complexity index is 377. The zero-order chi connectivity index (χ0) is 12.3. The summed E-state index contributed by atoms with van der Waals surface area (Å²) in [5, 5.41) is 0. The summed E-state index contributed by atoms with van der Waals surface area (Å²) < 4.78 is 0. The topological polar surface area (TPSA) is 46.3 Å². The SMILES string of the molecule is CCC1CCCN1C(=O)C(N)c1ccccc1. The van der Waals surface area contributed by atoms with Gasteiger partial charge in [0, 0.05) is 12.6 Å². The molecule has 1 fully saturated rings. The first-order chi connectivity index (χ1) is 8.24. The molecule has 2 unspecified atom stereocenters. The minimum atomic E-state index is -0.511. The molecule has 0 bridgehead atoms. The van der Waals surface area contributed by atoms with E-state index < -0.39 is 6.04 Å². The van der Waals surface area contributed by atoms with Crippen LogP contribution in [0.4, 0.5) is 0 Å². The summed E-state index contributed by atoms with van der Waals surface area (Å²) in [6.07, 6.45) is 3.24. The fourth-order valence-corrected chi connectivity index (χ4v) is 2.53. The van der Waals surface area contributed by atoms with Crippen LogP contribution < -0.4 is 5.73 Å². The van der Waals surface area contributed by atoms with Crippen molar-refractivity contribution in [3.63, 3.8) is 0 Å². The molecule has 2 rings (SSSR count). The molecule has 1 aromatic rings. The molecule has 0 aromatic heterocycles. The van der Waals surface area contributed by atoms with Crippen molar-refractivity contribution in [2.24, 2.45) is 5.73 Å². The molecule has 17 heavy (non-hydrogen) atoms. The predicted octanol–water partition coefficient (Wildman–Crippen LogP) is 2.09. The van der Waals surface area contributed by atoms with Crippen molar-refractivity contribution in [1.82, 2.24) is 4.90 Å². The zero-order valence-corrected chi connectivity index (χ0v) is 10.3. The Labute approximate surface area is 103 Å². The van der Waals surface area contributed by atoms with Gasteiger partial charge in [0.25, 0.3) is 0 Å². The maximum absolute atomic E-state index is 12.3. The number of benzene rings is 1. The molecule has 1 amide bonds. The van der Waals surface area contributed by atoms with E-state index in [2.05, 4.69) is 6.92 Å². The number of likely N-dealkylation sites (tertiary alicyclic amines) is 1. The molecule has 0 radical (unpaired) electrons. The third-order valence-electron chi connectivity index (χ3n) is 3.56. The lowest BCUT2D eigenvalue weighted by Crippen LogP contribution is -2.41. The molecule has 2 atom stereocenters. The molecular weight excluding hydrogens is 212 g/mol. The van der Waals surface area contributed by atoms with Crippen molar-refractivity contribution >= 4 is 5.91 Å². The van der Waals surface area contributed by atoms with Crippen LogP contribution in [0.1, 0.15) is 37.8 Å². The minimum Gasteiger partial charge on any atom is -0.338 e. The molecule has 92 valence electrons. The fourth-order valence-electron chi connectivity index (χ4n) is 2.53. The van der Waals surface area contributed by atoms with E-state index in [9.17, 15) is 4.79 Å². The van der Waals surface area contributed by atoms with Gasteiger partial charge >= 0.3 is 0 Å². The highest BCUT2D eigenvalue weighted by molar-refractivity contribution is 5.83. The van der Waals surface area contributed by atoms with Crippen LogP contribution in [0.5, 0.6) is 0 Å². The number of rotatable bonds is 3. The molecule has 0 spiro atoms. The average molecular weight is 232 g/mol. The number of hydrogen-bond acceptors (Lipinski definition) is 2. The largest absolute Gasteiger partial charge is 0.338 e.